The highest BCUT2D eigenvalue weighted by Crippen LogP contribution is 2.23. The predicted molar refractivity (Wildman–Crippen MR) is 96.6 cm³/mol. The summed E-state index contributed by atoms with van der Waals surface area (Å²) in [6, 6.07) is 14.1. The van der Waals surface area contributed by atoms with E-state index in [-0.39, 0.29) is 11.9 Å². The Labute approximate surface area is 143 Å². The van der Waals surface area contributed by atoms with Crippen molar-refractivity contribution in [3.8, 4) is 0 Å². The van der Waals surface area contributed by atoms with Crippen molar-refractivity contribution < 1.29 is 13.2 Å². The Morgan fingerprint density at radius 2 is 1.71 bits per heavy atom. The van der Waals surface area contributed by atoms with E-state index in [1.807, 2.05) is 25.1 Å². The fourth-order valence-electron chi connectivity index (χ4n) is 2.42. The minimum atomic E-state index is -3.38. The van der Waals surface area contributed by atoms with Crippen LogP contribution in [0.3, 0.4) is 0 Å². The van der Waals surface area contributed by atoms with Gasteiger partial charge in [0.2, 0.25) is 10.0 Å². The fourth-order valence-corrected chi connectivity index (χ4v) is 3.00. The quantitative estimate of drug-likeness (QED) is 0.844. The third-order valence-corrected chi connectivity index (χ3v) is 4.29. The summed E-state index contributed by atoms with van der Waals surface area (Å²) in [6.07, 6.45) is 2.02. The maximum Gasteiger partial charge on any atom is 0.251 e. The second-order valence-electron chi connectivity index (χ2n) is 5.71. The van der Waals surface area contributed by atoms with Crippen molar-refractivity contribution in [2.45, 2.75) is 26.3 Å². The lowest BCUT2D eigenvalue weighted by molar-refractivity contribution is 0.0940. The third kappa shape index (κ3) is 4.83. The van der Waals surface area contributed by atoms with Crippen molar-refractivity contribution in [1.29, 1.82) is 0 Å². The first-order valence-corrected chi connectivity index (χ1v) is 9.66. The molecule has 2 aromatic carbocycles. The molecule has 2 rings (SSSR count). The van der Waals surface area contributed by atoms with Crippen molar-refractivity contribution in [2.24, 2.45) is 0 Å². The molecule has 0 heterocycles. The molecule has 0 aromatic heterocycles. The summed E-state index contributed by atoms with van der Waals surface area (Å²) in [6.45, 7) is 3.88. The molecule has 0 saturated carbocycles. The predicted octanol–water partition coefficient (Wildman–Crippen LogP) is 3.11. The van der Waals surface area contributed by atoms with Gasteiger partial charge in [-0.3, -0.25) is 9.52 Å². The molecule has 0 radical (unpaired) electrons. The van der Waals surface area contributed by atoms with Gasteiger partial charge in [0.25, 0.3) is 5.91 Å². The Hall–Kier alpha value is -2.34. The summed E-state index contributed by atoms with van der Waals surface area (Å²) in [5.41, 5.74) is 2.92. The highest BCUT2D eigenvalue weighted by molar-refractivity contribution is 7.92. The van der Waals surface area contributed by atoms with Gasteiger partial charge in [0, 0.05) is 5.56 Å². The zero-order chi connectivity index (χ0) is 17.7. The van der Waals surface area contributed by atoms with Crippen molar-refractivity contribution >= 4 is 21.6 Å². The number of carbonyl (C=O) groups excluding carboxylic acids is 1. The molecule has 128 valence electrons. The van der Waals surface area contributed by atoms with Gasteiger partial charge in [-0.1, -0.05) is 37.3 Å². The highest BCUT2D eigenvalue weighted by atomic mass is 32.2. The molecule has 5 nitrogen and oxygen atoms in total. The van der Waals surface area contributed by atoms with Gasteiger partial charge in [-0.15, -0.1) is 0 Å². The summed E-state index contributed by atoms with van der Waals surface area (Å²) in [5, 5.41) is 2.90. The third-order valence-electron chi connectivity index (χ3n) is 3.69. The lowest BCUT2D eigenvalue weighted by atomic mass is 10.1. The number of nitrogens with one attached hydrogen (secondary N) is 2. The molecule has 0 aliphatic carbocycles. The van der Waals surface area contributed by atoms with Crippen molar-refractivity contribution in [3.63, 3.8) is 0 Å². The number of hydrogen-bond donors (Lipinski definition) is 2. The average molecular weight is 346 g/mol. The Kier molecular flexibility index (Phi) is 5.62. The number of hydrogen-bond acceptors (Lipinski definition) is 3. The Morgan fingerprint density at radius 3 is 2.29 bits per heavy atom. The van der Waals surface area contributed by atoms with E-state index in [1.54, 1.807) is 30.3 Å². The van der Waals surface area contributed by atoms with Crippen molar-refractivity contribution in [2.75, 3.05) is 11.0 Å². The van der Waals surface area contributed by atoms with Gasteiger partial charge in [0.05, 0.1) is 18.0 Å². The maximum atomic E-state index is 12.4. The standard InChI is InChI=1S/C18H22N2O3S/c1-4-14-9-11-15(12-10-14)18(21)19-13(2)16-7-5-6-8-17(16)20-24(3,22)23/h5-13,20H,4H2,1-3H3,(H,19,21)/t13-/m0/s1. The zero-order valence-corrected chi connectivity index (χ0v) is 14.9. The minimum Gasteiger partial charge on any atom is -0.345 e. The van der Waals surface area contributed by atoms with E-state index in [0.717, 1.165) is 12.7 Å². The van der Waals surface area contributed by atoms with Crippen LogP contribution in [0, 0.1) is 0 Å². The van der Waals surface area contributed by atoms with E-state index >= 15 is 0 Å². The Balaban J connectivity index is 2.17. The van der Waals surface area contributed by atoms with Crippen LogP contribution >= 0.6 is 0 Å². The average Bonchev–Trinajstić information content (AvgIpc) is 2.53. The molecule has 2 aromatic rings. The van der Waals surface area contributed by atoms with Crippen LogP contribution in [0.15, 0.2) is 48.5 Å². The topological polar surface area (TPSA) is 75.3 Å². The first kappa shape index (κ1) is 18.0. The minimum absolute atomic E-state index is 0.195. The van der Waals surface area contributed by atoms with Crippen LogP contribution in [0.1, 0.15) is 41.4 Å². The summed E-state index contributed by atoms with van der Waals surface area (Å²) in [7, 11) is -3.38. The van der Waals surface area contributed by atoms with Gasteiger partial charge in [-0.25, -0.2) is 8.42 Å². The summed E-state index contributed by atoms with van der Waals surface area (Å²) in [5.74, 6) is -0.195. The molecule has 1 amide bonds. The molecule has 0 fully saturated rings. The lowest BCUT2D eigenvalue weighted by Crippen LogP contribution is -2.27. The summed E-state index contributed by atoms with van der Waals surface area (Å²) in [4.78, 5) is 12.4. The van der Waals surface area contributed by atoms with E-state index in [1.165, 1.54) is 5.56 Å². The number of rotatable bonds is 6. The monoisotopic (exact) mass is 346 g/mol. The van der Waals surface area contributed by atoms with E-state index in [0.29, 0.717) is 16.8 Å². The first-order chi connectivity index (χ1) is 11.3. The van der Waals surface area contributed by atoms with Gasteiger partial charge < -0.3 is 5.32 Å². The number of anilines is 1. The fraction of sp³-hybridized carbons (Fsp3) is 0.278. The van der Waals surface area contributed by atoms with Gasteiger partial charge in [-0.05, 0) is 42.7 Å². The lowest BCUT2D eigenvalue weighted by Gasteiger charge is -2.18. The molecule has 0 aliphatic rings. The molecule has 2 N–H and O–H groups in total. The molecule has 0 bridgehead atoms. The second-order valence-corrected chi connectivity index (χ2v) is 7.46. The number of para-hydroxylation sites is 1. The molecule has 24 heavy (non-hydrogen) atoms. The van der Waals surface area contributed by atoms with Gasteiger partial charge in [0.1, 0.15) is 0 Å². The Morgan fingerprint density at radius 1 is 1.08 bits per heavy atom. The van der Waals surface area contributed by atoms with Crippen LogP contribution in [-0.4, -0.2) is 20.6 Å². The Bertz CT molecular complexity index is 814. The summed E-state index contributed by atoms with van der Waals surface area (Å²) < 4.78 is 25.4. The SMILES string of the molecule is CCc1ccc(C(=O)N[C@@H](C)c2ccccc2NS(C)(=O)=O)cc1. The first-order valence-electron chi connectivity index (χ1n) is 7.76. The molecule has 0 saturated heterocycles. The van der Waals surface area contributed by atoms with Crippen LogP contribution in [0.5, 0.6) is 0 Å². The van der Waals surface area contributed by atoms with Crippen molar-refractivity contribution in [3.05, 3.63) is 65.2 Å². The molecule has 0 spiro atoms. The summed E-state index contributed by atoms with van der Waals surface area (Å²) >= 11 is 0. The molecule has 1 atom stereocenters. The van der Waals surface area contributed by atoms with Crippen LogP contribution in [-0.2, 0) is 16.4 Å². The van der Waals surface area contributed by atoms with E-state index in [9.17, 15) is 13.2 Å². The molecule has 6 heteroatoms. The smallest absolute Gasteiger partial charge is 0.251 e. The van der Waals surface area contributed by atoms with E-state index in [2.05, 4.69) is 17.0 Å². The number of carbonyl (C=O) groups is 1. The second kappa shape index (κ2) is 7.49. The van der Waals surface area contributed by atoms with Crippen LogP contribution in [0.2, 0.25) is 0 Å². The van der Waals surface area contributed by atoms with Crippen LogP contribution in [0.4, 0.5) is 5.69 Å². The largest absolute Gasteiger partial charge is 0.345 e. The number of aryl methyl sites for hydroxylation is 1. The van der Waals surface area contributed by atoms with E-state index < -0.39 is 10.0 Å². The van der Waals surface area contributed by atoms with Crippen LogP contribution in [0.25, 0.3) is 0 Å². The maximum absolute atomic E-state index is 12.4. The normalized spacial score (nSPS) is 12.5. The molecule has 0 aliphatic heterocycles. The van der Waals surface area contributed by atoms with Gasteiger partial charge in [-0.2, -0.15) is 0 Å². The zero-order valence-electron chi connectivity index (χ0n) is 14.0. The van der Waals surface area contributed by atoms with E-state index in [4.69, 9.17) is 0 Å². The molecular weight excluding hydrogens is 324 g/mol. The number of benzene rings is 2. The molecular formula is C18H22N2O3S. The van der Waals surface area contributed by atoms with Crippen molar-refractivity contribution in [1.82, 2.24) is 5.32 Å². The molecule has 0 unspecified atom stereocenters. The van der Waals surface area contributed by atoms with Gasteiger partial charge >= 0.3 is 0 Å². The van der Waals surface area contributed by atoms with Gasteiger partial charge in [0.15, 0.2) is 0 Å². The number of sulfonamides is 1. The number of amides is 1. The highest BCUT2D eigenvalue weighted by Gasteiger charge is 2.16. The van der Waals surface area contributed by atoms with Crippen LogP contribution < -0.4 is 10.0 Å².